The summed E-state index contributed by atoms with van der Waals surface area (Å²) in [6.45, 7) is 0. The van der Waals surface area contributed by atoms with Gasteiger partial charge in [0.1, 0.15) is 5.58 Å². The van der Waals surface area contributed by atoms with Gasteiger partial charge in [-0.05, 0) is 17.7 Å². The molecule has 0 unspecified atom stereocenters. The first-order valence-corrected chi connectivity index (χ1v) is 8.19. The van der Waals surface area contributed by atoms with Crippen LogP contribution < -0.4 is 5.43 Å². The number of carbonyl (C=O) groups is 1. The topological polar surface area (TPSA) is 67.5 Å². The Morgan fingerprint density at radius 2 is 1.35 bits per heavy atom. The molecule has 0 radical (unpaired) electrons. The largest absolute Gasteiger partial charge is 0.502 e. The second-order valence-corrected chi connectivity index (χ2v) is 6.21. The summed E-state index contributed by atoms with van der Waals surface area (Å²) in [5.74, 6) is -0.441. The molecule has 0 fully saturated rings. The molecule has 0 aliphatic heterocycles. The van der Waals surface area contributed by atoms with Crippen LogP contribution in [0.1, 0.15) is 15.9 Å². The summed E-state index contributed by atoms with van der Waals surface area (Å²) in [7, 11) is 0. The number of hydrogen-bond acceptors (Lipinski definition) is 4. The number of rotatable bonds is 1. The molecule has 0 bridgehead atoms. The second kappa shape index (κ2) is 5.17. The van der Waals surface area contributed by atoms with Crippen molar-refractivity contribution in [2.24, 2.45) is 0 Å². The van der Waals surface area contributed by atoms with E-state index in [-0.39, 0.29) is 11.5 Å². The zero-order chi connectivity index (χ0) is 17.8. The summed E-state index contributed by atoms with van der Waals surface area (Å²) in [6, 6.07) is 19.3. The van der Waals surface area contributed by atoms with Crippen molar-refractivity contribution in [2.75, 3.05) is 0 Å². The molecule has 1 N–H and O–H groups in total. The molecule has 0 amide bonds. The highest BCUT2D eigenvalue weighted by atomic mass is 16.4. The quantitative estimate of drug-likeness (QED) is 0.492. The third-order valence-corrected chi connectivity index (χ3v) is 4.77. The van der Waals surface area contributed by atoms with Crippen LogP contribution in [0.15, 0.2) is 75.9 Å². The summed E-state index contributed by atoms with van der Waals surface area (Å²) >= 11 is 0. The van der Waals surface area contributed by atoms with E-state index in [0.717, 1.165) is 5.56 Å². The molecule has 1 aliphatic rings. The molecule has 1 aliphatic carbocycles. The van der Waals surface area contributed by atoms with Crippen LogP contribution >= 0.6 is 0 Å². The van der Waals surface area contributed by atoms with Gasteiger partial charge in [0.15, 0.2) is 11.5 Å². The monoisotopic (exact) mass is 340 g/mol. The molecule has 3 aromatic carbocycles. The first kappa shape index (κ1) is 14.7. The van der Waals surface area contributed by atoms with Gasteiger partial charge in [0.2, 0.25) is 11.2 Å². The minimum atomic E-state index is -0.489. The normalized spacial score (nSPS) is 12.2. The first-order chi connectivity index (χ1) is 12.7. The Morgan fingerprint density at radius 1 is 0.692 bits per heavy atom. The minimum absolute atomic E-state index is 0.0694. The second-order valence-electron chi connectivity index (χ2n) is 6.21. The van der Waals surface area contributed by atoms with Gasteiger partial charge in [0, 0.05) is 22.3 Å². The molecule has 1 aromatic heterocycles. The highest BCUT2D eigenvalue weighted by Crippen LogP contribution is 2.44. The molecule has 0 spiro atoms. The van der Waals surface area contributed by atoms with Crippen molar-refractivity contribution in [1.29, 1.82) is 0 Å². The van der Waals surface area contributed by atoms with Crippen LogP contribution in [0.3, 0.4) is 0 Å². The van der Waals surface area contributed by atoms with Crippen molar-refractivity contribution in [1.82, 2.24) is 0 Å². The molecule has 5 rings (SSSR count). The van der Waals surface area contributed by atoms with Gasteiger partial charge in [0.25, 0.3) is 0 Å². The Kier molecular flexibility index (Phi) is 2.91. The summed E-state index contributed by atoms with van der Waals surface area (Å²) < 4.78 is 5.87. The van der Waals surface area contributed by atoms with Gasteiger partial charge in [-0.2, -0.15) is 0 Å². The van der Waals surface area contributed by atoms with Crippen LogP contribution in [0.2, 0.25) is 0 Å². The molecule has 4 aromatic rings. The van der Waals surface area contributed by atoms with Gasteiger partial charge < -0.3 is 9.52 Å². The average molecular weight is 340 g/mol. The van der Waals surface area contributed by atoms with Gasteiger partial charge in [-0.1, -0.05) is 54.6 Å². The fraction of sp³-hybridized carbons (Fsp3) is 0. The van der Waals surface area contributed by atoms with Gasteiger partial charge in [0.05, 0.1) is 5.39 Å². The number of carbonyl (C=O) groups excluding carboxylic acids is 1. The van der Waals surface area contributed by atoms with Crippen molar-refractivity contribution in [3.63, 3.8) is 0 Å². The lowest BCUT2D eigenvalue weighted by Gasteiger charge is -2.10. The molecular formula is C22H12O4. The zero-order valence-electron chi connectivity index (χ0n) is 13.5. The summed E-state index contributed by atoms with van der Waals surface area (Å²) in [4.78, 5) is 25.2. The minimum Gasteiger partial charge on any atom is -0.502 e. The van der Waals surface area contributed by atoms with Gasteiger partial charge in [-0.3, -0.25) is 9.59 Å². The van der Waals surface area contributed by atoms with E-state index in [0.29, 0.717) is 33.2 Å². The van der Waals surface area contributed by atoms with Crippen LogP contribution in [0.4, 0.5) is 0 Å². The van der Waals surface area contributed by atoms with Gasteiger partial charge >= 0.3 is 0 Å². The molecular weight excluding hydrogens is 328 g/mol. The maximum Gasteiger partial charge on any atom is 0.235 e. The van der Waals surface area contributed by atoms with E-state index >= 15 is 0 Å². The highest BCUT2D eigenvalue weighted by molar-refractivity contribution is 6.23. The van der Waals surface area contributed by atoms with E-state index in [4.69, 9.17) is 4.42 Å². The number of benzene rings is 3. The van der Waals surface area contributed by atoms with Crippen molar-refractivity contribution < 1.29 is 14.3 Å². The summed E-state index contributed by atoms with van der Waals surface area (Å²) in [5, 5.41) is 10.8. The van der Waals surface area contributed by atoms with E-state index < -0.39 is 11.2 Å². The number of fused-ring (bicyclic) bond motifs is 4. The van der Waals surface area contributed by atoms with Crippen molar-refractivity contribution >= 4 is 16.8 Å². The number of ketones is 1. The molecule has 0 saturated carbocycles. The maximum atomic E-state index is 12.7. The van der Waals surface area contributed by atoms with E-state index in [1.807, 2.05) is 18.2 Å². The first-order valence-electron chi connectivity index (χ1n) is 8.19. The Labute approximate surface area is 148 Å². The standard InChI is InChI=1S/C22H12O4/c23-19-13-7-2-1-6-12(13)18-15(19)9-5-10-16(18)22-21(25)20(24)14-8-3-4-11-17(14)26-22/h1-11,25H. The number of aromatic hydroxyl groups is 1. The summed E-state index contributed by atoms with van der Waals surface area (Å²) in [6.07, 6.45) is 0. The van der Waals surface area contributed by atoms with Gasteiger partial charge in [-0.15, -0.1) is 0 Å². The summed E-state index contributed by atoms with van der Waals surface area (Å²) in [5.41, 5.74) is 3.04. The third-order valence-electron chi connectivity index (χ3n) is 4.77. The zero-order valence-corrected chi connectivity index (χ0v) is 13.5. The Balaban J connectivity index is 1.89. The molecule has 0 saturated heterocycles. The highest BCUT2D eigenvalue weighted by Gasteiger charge is 2.30. The van der Waals surface area contributed by atoms with Crippen LogP contribution in [-0.4, -0.2) is 10.9 Å². The van der Waals surface area contributed by atoms with Crippen LogP contribution in [0, 0.1) is 0 Å². The Morgan fingerprint density at radius 3 is 2.19 bits per heavy atom. The molecule has 124 valence electrons. The fourth-order valence-electron chi connectivity index (χ4n) is 3.58. The third kappa shape index (κ3) is 1.84. The van der Waals surface area contributed by atoms with E-state index in [1.54, 1.807) is 48.5 Å². The fourth-order valence-corrected chi connectivity index (χ4v) is 3.58. The maximum absolute atomic E-state index is 12.7. The molecule has 0 atom stereocenters. The number of para-hydroxylation sites is 1. The van der Waals surface area contributed by atoms with E-state index in [2.05, 4.69) is 0 Å². The lowest BCUT2D eigenvalue weighted by Crippen LogP contribution is -2.03. The predicted octanol–water partition coefficient (Wildman–Crippen LogP) is 4.38. The Hall–Kier alpha value is -3.66. The van der Waals surface area contributed by atoms with Crippen molar-refractivity contribution in [2.45, 2.75) is 0 Å². The lowest BCUT2D eigenvalue weighted by atomic mass is 9.97. The van der Waals surface area contributed by atoms with E-state index in [1.165, 1.54) is 0 Å². The van der Waals surface area contributed by atoms with Crippen LogP contribution in [0.25, 0.3) is 33.4 Å². The average Bonchev–Trinajstić information content (AvgIpc) is 2.98. The van der Waals surface area contributed by atoms with Gasteiger partial charge in [-0.25, -0.2) is 0 Å². The van der Waals surface area contributed by atoms with Crippen molar-refractivity contribution in [3.8, 4) is 28.2 Å². The van der Waals surface area contributed by atoms with Crippen LogP contribution in [-0.2, 0) is 0 Å². The Bertz CT molecular complexity index is 1280. The molecule has 4 nitrogen and oxygen atoms in total. The smallest absolute Gasteiger partial charge is 0.235 e. The van der Waals surface area contributed by atoms with E-state index in [9.17, 15) is 14.7 Å². The SMILES string of the molecule is O=C1c2ccccc2-c2c1cccc2-c1oc2ccccc2c(=O)c1O. The lowest BCUT2D eigenvalue weighted by molar-refractivity contribution is 0.104. The van der Waals surface area contributed by atoms with Crippen molar-refractivity contribution in [3.05, 3.63) is 88.1 Å². The molecule has 26 heavy (non-hydrogen) atoms. The molecule has 4 heteroatoms. The predicted molar refractivity (Wildman–Crippen MR) is 98.5 cm³/mol. The number of hydrogen-bond donors (Lipinski definition) is 1. The van der Waals surface area contributed by atoms with Crippen LogP contribution in [0.5, 0.6) is 5.75 Å². The molecule has 1 heterocycles.